The fourth-order valence-corrected chi connectivity index (χ4v) is 2.70. The van der Waals surface area contributed by atoms with E-state index in [2.05, 4.69) is 47.8 Å². The van der Waals surface area contributed by atoms with Crippen molar-refractivity contribution in [1.82, 2.24) is 0 Å². The molecular formula is C18H15Cl2N. The first kappa shape index (κ1) is 14.2. The van der Waals surface area contributed by atoms with Crippen molar-refractivity contribution < 1.29 is 0 Å². The lowest BCUT2D eigenvalue weighted by atomic mass is 9.99. The summed E-state index contributed by atoms with van der Waals surface area (Å²) in [4.78, 5) is -0.486. The SMILES string of the molecule is ClC(Cl)c1ccc(Nc2ccccc2C2C=CC=C2)cc1. The zero-order chi connectivity index (χ0) is 14.7. The van der Waals surface area contributed by atoms with E-state index in [0.29, 0.717) is 5.92 Å². The quantitative estimate of drug-likeness (QED) is 0.670. The highest BCUT2D eigenvalue weighted by molar-refractivity contribution is 6.44. The molecule has 0 spiro atoms. The van der Waals surface area contributed by atoms with Crippen molar-refractivity contribution in [2.24, 2.45) is 0 Å². The molecule has 0 amide bonds. The van der Waals surface area contributed by atoms with Crippen molar-refractivity contribution in [3.05, 3.63) is 84.0 Å². The molecule has 1 nitrogen and oxygen atoms in total. The molecule has 2 aromatic carbocycles. The number of hydrogen-bond donors (Lipinski definition) is 1. The predicted molar refractivity (Wildman–Crippen MR) is 91.6 cm³/mol. The Morgan fingerprint density at radius 1 is 0.857 bits per heavy atom. The summed E-state index contributed by atoms with van der Waals surface area (Å²) in [6.07, 6.45) is 8.54. The van der Waals surface area contributed by atoms with Crippen LogP contribution in [0.4, 0.5) is 11.4 Å². The monoisotopic (exact) mass is 315 g/mol. The van der Waals surface area contributed by atoms with Crippen LogP contribution >= 0.6 is 23.2 Å². The summed E-state index contributed by atoms with van der Waals surface area (Å²) < 4.78 is 0. The molecule has 1 N–H and O–H groups in total. The first-order valence-corrected chi connectivity index (χ1v) is 7.70. The van der Waals surface area contributed by atoms with E-state index in [1.807, 2.05) is 30.3 Å². The van der Waals surface area contributed by atoms with E-state index in [1.165, 1.54) is 5.56 Å². The van der Waals surface area contributed by atoms with Crippen LogP contribution in [0.1, 0.15) is 21.9 Å². The average Bonchev–Trinajstić information content (AvgIpc) is 3.02. The lowest BCUT2D eigenvalue weighted by molar-refractivity contribution is 1.11. The number of rotatable bonds is 4. The van der Waals surface area contributed by atoms with Gasteiger partial charge in [-0.05, 0) is 29.3 Å². The van der Waals surface area contributed by atoms with Crippen molar-refractivity contribution in [2.45, 2.75) is 10.8 Å². The highest BCUT2D eigenvalue weighted by Crippen LogP contribution is 2.32. The summed E-state index contributed by atoms with van der Waals surface area (Å²) in [6, 6.07) is 16.2. The van der Waals surface area contributed by atoms with Crippen LogP contribution < -0.4 is 5.32 Å². The predicted octanol–water partition coefficient (Wildman–Crippen LogP) is 6.12. The van der Waals surface area contributed by atoms with Crippen molar-refractivity contribution in [3.63, 3.8) is 0 Å². The fourth-order valence-electron chi connectivity index (χ4n) is 2.41. The third kappa shape index (κ3) is 3.31. The molecule has 0 aliphatic heterocycles. The van der Waals surface area contributed by atoms with Crippen LogP contribution in [-0.4, -0.2) is 0 Å². The second kappa shape index (κ2) is 6.38. The minimum atomic E-state index is -0.486. The molecule has 0 heterocycles. The highest BCUT2D eigenvalue weighted by atomic mass is 35.5. The summed E-state index contributed by atoms with van der Waals surface area (Å²) >= 11 is 11.7. The maximum absolute atomic E-state index is 5.86. The first-order valence-electron chi connectivity index (χ1n) is 6.83. The number of hydrogen-bond acceptors (Lipinski definition) is 1. The molecular weight excluding hydrogens is 301 g/mol. The topological polar surface area (TPSA) is 12.0 Å². The second-order valence-electron chi connectivity index (χ2n) is 4.93. The Bertz CT molecular complexity index is 660. The Balaban J connectivity index is 1.84. The van der Waals surface area contributed by atoms with Gasteiger partial charge < -0.3 is 5.32 Å². The number of nitrogens with one attached hydrogen (secondary N) is 1. The van der Waals surface area contributed by atoms with Gasteiger partial charge in [0.15, 0.2) is 0 Å². The Labute approximate surface area is 134 Å². The van der Waals surface area contributed by atoms with Crippen LogP contribution in [-0.2, 0) is 0 Å². The van der Waals surface area contributed by atoms with Gasteiger partial charge in [-0.15, -0.1) is 23.2 Å². The molecule has 21 heavy (non-hydrogen) atoms. The van der Waals surface area contributed by atoms with Crippen LogP contribution in [0, 0.1) is 0 Å². The molecule has 0 fully saturated rings. The molecule has 0 unspecified atom stereocenters. The molecule has 0 radical (unpaired) electrons. The minimum absolute atomic E-state index is 0.336. The zero-order valence-corrected chi connectivity index (χ0v) is 12.9. The molecule has 1 aliphatic rings. The van der Waals surface area contributed by atoms with Gasteiger partial charge >= 0.3 is 0 Å². The molecule has 3 heteroatoms. The average molecular weight is 316 g/mol. The molecule has 106 valence electrons. The molecule has 2 aromatic rings. The van der Waals surface area contributed by atoms with Crippen LogP contribution in [0.25, 0.3) is 0 Å². The van der Waals surface area contributed by atoms with Crippen LogP contribution in [0.3, 0.4) is 0 Å². The highest BCUT2D eigenvalue weighted by Gasteiger charge is 2.11. The lowest BCUT2D eigenvalue weighted by Gasteiger charge is -2.15. The molecule has 0 bridgehead atoms. The van der Waals surface area contributed by atoms with Gasteiger partial charge in [-0.3, -0.25) is 0 Å². The number of alkyl halides is 2. The van der Waals surface area contributed by atoms with Gasteiger partial charge in [-0.25, -0.2) is 0 Å². The van der Waals surface area contributed by atoms with Crippen LogP contribution in [0.5, 0.6) is 0 Å². The van der Waals surface area contributed by atoms with E-state index in [9.17, 15) is 0 Å². The Kier molecular flexibility index (Phi) is 4.33. The van der Waals surface area contributed by atoms with Crippen LogP contribution in [0.2, 0.25) is 0 Å². The number of anilines is 2. The van der Waals surface area contributed by atoms with Gasteiger partial charge in [-0.1, -0.05) is 54.6 Å². The second-order valence-corrected chi connectivity index (χ2v) is 6.03. The summed E-state index contributed by atoms with van der Waals surface area (Å²) in [6.45, 7) is 0. The molecule has 0 saturated heterocycles. The van der Waals surface area contributed by atoms with Gasteiger partial charge in [-0.2, -0.15) is 0 Å². The van der Waals surface area contributed by atoms with Crippen molar-refractivity contribution in [3.8, 4) is 0 Å². The number of halogens is 2. The van der Waals surface area contributed by atoms with Gasteiger partial charge in [0.05, 0.1) is 0 Å². The Hall–Kier alpha value is -1.70. The summed E-state index contributed by atoms with van der Waals surface area (Å²) in [7, 11) is 0. The maximum Gasteiger partial charge on any atom is 0.132 e. The van der Waals surface area contributed by atoms with Crippen LogP contribution in [0.15, 0.2) is 72.8 Å². The van der Waals surface area contributed by atoms with Crippen molar-refractivity contribution in [1.29, 1.82) is 0 Å². The van der Waals surface area contributed by atoms with E-state index < -0.39 is 4.84 Å². The smallest absolute Gasteiger partial charge is 0.132 e. The molecule has 3 rings (SSSR count). The minimum Gasteiger partial charge on any atom is -0.355 e. The standard InChI is InChI=1S/C18H15Cl2N/c19-18(20)14-9-11-15(12-10-14)21-17-8-4-3-7-16(17)13-5-1-2-6-13/h1-13,18,21H. The summed E-state index contributed by atoms with van der Waals surface area (Å²) in [5.41, 5.74) is 4.30. The molecule has 0 aromatic heterocycles. The van der Waals surface area contributed by atoms with E-state index in [4.69, 9.17) is 23.2 Å². The van der Waals surface area contributed by atoms with Gasteiger partial charge in [0.25, 0.3) is 0 Å². The maximum atomic E-state index is 5.86. The summed E-state index contributed by atoms with van der Waals surface area (Å²) in [5, 5.41) is 3.46. The third-order valence-corrected chi connectivity index (χ3v) is 4.01. The molecule has 0 saturated carbocycles. The Morgan fingerprint density at radius 3 is 2.19 bits per heavy atom. The number of para-hydroxylation sites is 1. The van der Waals surface area contributed by atoms with E-state index in [0.717, 1.165) is 16.9 Å². The number of benzene rings is 2. The van der Waals surface area contributed by atoms with E-state index in [1.54, 1.807) is 0 Å². The van der Waals surface area contributed by atoms with Crippen molar-refractivity contribution in [2.75, 3.05) is 5.32 Å². The fraction of sp³-hybridized carbons (Fsp3) is 0.111. The third-order valence-electron chi connectivity index (χ3n) is 3.51. The van der Waals surface area contributed by atoms with Gasteiger partial charge in [0, 0.05) is 17.3 Å². The van der Waals surface area contributed by atoms with E-state index >= 15 is 0 Å². The zero-order valence-electron chi connectivity index (χ0n) is 11.3. The van der Waals surface area contributed by atoms with E-state index in [-0.39, 0.29) is 0 Å². The lowest BCUT2D eigenvalue weighted by Crippen LogP contribution is -1.98. The normalized spacial score (nSPS) is 14.0. The van der Waals surface area contributed by atoms with Gasteiger partial charge in [0.1, 0.15) is 4.84 Å². The Morgan fingerprint density at radius 2 is 1.52 bits per heavy atom. The molecule has 1 aliphatic carbocycles. The van der Waals surface area contributed by atoms with Gasteiger partial charge in [0.2, 0.25) is 0 Å². The first-order chi connectivity index (χ1) is 10.2. The van der Waals surface area contributed by atoms with Crippen molar-refractivity contribution >= 4 is 34.6 Å². The summed E-state index contributed by atoms with van der Waals surface area (Å²) in [5.74, 6) is 0.336. The number of allylic oxidation sites excluding steroid dienone is 4. The molecule has 0 atom stereocenters. The largest absolute Gasteiger partial charge is 0.355 e.